The maximum absolute atomic E-state index is 5.93. The average Bonchev–Trinajstić information content (AvgIpc) is 2.73. The minimum Gasteiger partial charge on any atom is -0.497 e. The number of nitrogen functional groups attached to an aromatic ring is 1. The van der Waals surface area contributed by atoms with Gasteiger partial charge in [-0.1, -0.05) is 30.3 Å². The standard InChI is InChI=1S/C23H28N4O2/c1-15(17-8-6-5-7-9-17)25-22-20(16(2)26-23(24)27-22)12-10-18-14-19(28-3)11-13-21(18)29-4/h5-9,11,13-15H,10,12H2,1-4H3,(H3,24,25,26,27)/t15-/m0/s1. The summed E-state index contributed by atoms with van der Waals surface area (Å²) in [6.45, 7) is 4.08. The van der Waals surface area contributed by atoms with E-state index in [1.165, 1.54) is 5.56 Å². The van der Waals surface area contributed by atoms with Crippen LogP contribution in [-0.4, -0.2) is 24.2 Å². The predicted octanol–water partition coefficient (Wildman–Crippen LogP) is 4.34. The molecule has 1 atom stereocenters. The molecule has 3 aromatic rings. The first-order chi connectivity index (χ1) is 14.0. The van der Waals surface area contributed by atoms with Crippen LogP contribution in [0.25, 0.3) is 0 Å². The molecule has 1 heterocycles. The molecule has 6 nitrogen and oxygen atoms in total. The number of rotatable bonds is 8. The first-order valence-corrected chi connectivity index (χ1v) is 9.67. The molecule has 0 saturated carbocycles. The fourth-order valence-electron chi connectivity index (χ4n) is 3.40. The number of nitrogens with one attached hydrogen (secondary N) is 1. The lowest BCUT2D eigenvalue weighted by Gasteiger charge is -2.19. The highest BCUT2D eigenvalue weighted by molar-refractivity contribution is 5.52. The van der Waals surface area contributed by atoms with Gasteiger partial charge in [-0.3, -0.25) is 0 Å². The molecule has 0 unspecified atom stereocenters. The third kappa shape index (κ3) is 4.96. The SMILES string of the molecule is COc1ccc(OC)c(CCc2c(C)nc(N)nc2N[C@@H](C)c2ccccc2)c1. The molecule has 0 aliphatic heterocycles. The van der Waals surface area contributed by atoms with Crippen LogP contribution in [0.5, 0.6) is 11.5 Å². The van der Waals surface area contributed by atoms with Crippen LogP contribution < -0.4 is 20.5 Å². The van der Waals surface area contributed by atoms with Gasteiger partial charge in [0.05, 0.1) is 14.2 Å². The molecule has 0 aliphatic rings. The summed E-state index contributed by atoms with van der Waals surface area (Å²) in [6, 6.07) is 16.2. The summed E-state index contributed by atoms with van der Waals surface area (Å²) in [4.78, 5) is 8.86. The Hall–Kier alpha value is -3.28. The van der Waals surface area contributed by atoms with E-state index < -0.39 is 0 Å². The van der Waals surface area contributed by atoms with Crippen molar-refractivity contribution in [1.82, 2.24) is 9.97 Å². The van der Waals surface area contributed by atoms with E-state index in [1.807, 2.05) is 43.3 Å². The molecule has 0 bridgehead atoms. The third-order valence-corrected chi connectivity index (χ3v) is 5.02. The third-order valence-electron chi connectivity index (χ3n) is 5.02. The first kappa shape index (κ1) is 20.5. The number of methoxy groups -OCH3 is 2. The summed E-state index contributed by atoms with van der Waals surface area (Å²) in [5.41, 5.74) is 10.1. The molecule has 3 N–H and O–H groups in total. The van der Waals surface area contributed by atoms with Crippen molar-refractivity contribution in [1.29, 1.82) is 0 Å². The highest BCUT2D eigenvalue weighted by Gasteiger charge is 2.15. The molecule has 0 amide bonds. The highest BCUT2D eigenvalue weighted by Crippen LogP contribution is 2.28. The highest BCUT2D eigenvalue weighted by atomic mass is 16.5. The number of nitrogens with zero attached hydrogens (tertiary/aromatic N) is 2. The number of hydrogen-bond acceptors (Lipinski definition) is 6. The predicted molar refractivity (Wildman–Crippen MR) is 117 cm³/mol. The number of aromatic nitrogens is 2. The topological polar surface area (TPSA) is 82.3 Å². The summed E-state index contributed by atoms with van der Waals surface area (Å²) < 4.78 is 10.9. The van der Waals surface area contributed by atoms with Gasteiger partial charge in [0.25, 0.3) is 0 Å². The zero-order valence-electron chi connectivity index (χ0n) is 17.4. The summed E-state index contributed by atoms with van der Waals surface area (Å²) in [5, 5.41) is 3.51. The second-order valence-electron chi connectivity index (χ2n) is 6.95. The summed E-state index contributed by atoms with van der Waals surface area (Å²) in [6.07, 6.45) is 1.52. The minimum atomic E-state index is 0.0926. The number of benzene rings is 2. The number of aryl methyl sites for hydroxylation is 2. The summed E-state index contributed by atoms with van der Waals surface area (Å²) in [5.74, 6) is 2.69. The van der Waals surface area contributed by atoms with Gasteiger partial charge < -0.3 is 20.5 Å². The van der Waals surface area contributed by atoms with Crippen molar-refractivity contribution in [3.8, 4) is 11.5 Å². The smallest absolute Gasteiger partial charge is 0.222 e. The molecule has 1 aromatic heterocycles. The van der Waals surface area contributed by atoms with E-state index in [4.69, 9.17) is 15.2 Å². The number of hydrogen-bond donors (Lipinski definition) is 2. The Morgan fingerprint density at radius 3 is 2.45 bits per heavy atom. The lowest BCUT2D eigenvalue weighted by molar-refractivity contribution is 0.398. The molecule has 0 radical (unpaired) electrons. The Morgan fingerprint density at radius 2 is 1.76 bits per heavy atom. The van der Waals surface area contributed by atoms with Crippen LogP contribution in [0.3, 0.4) is 0 Å². The molecule has 3 rings (SSSR count). The Labute approximate surface area is 172 Å². The van der Waals surface area contributed by atoms with Gasteiger partial charge >= 0.3 is 0 Å². The van der Waals surface area contributed by atoms with Gasteiger partial charge in [0.1, 0.15) is 17.3 Å². The molecule has 2 aromatic carbocycles. The largest absolute Gasteiger partial charge is 0.497 e. The van der Waals surface area contributed by atoms with Crippen molar-refractivity contribution in [2.45, 2.75) is 32.7 Å². The van der Waals surface area contributed by atoms with E-state index in [-0.39, 0.29) is 12.0 Å². The van der Waals surface area contributed by atoms with Gasteiger partial charge in [0.2, 0.25) is 5.95 Å². The van der Waals surface area contributed by atoms with E-state index in [1.54, 1.807) is 14.2 Å². The zero-order chi connectivity index (χ0) is 20.8. The van der Waals surface area contributed by atoms with Gasteiger partial charge in [0.15, 0.2) is 0 Å². The van der Waals surface area contributed by atoms with Crippen LogP contribution >= 0.6 is 0 Å². The van der Waals surface area contributed by atoms with E-state index in [9.17, 15) is 0 Å². The Morgan fingerprint density at radius 1 is 1.00 bits per heavy atom. The molecule has 0 aliphatic carbocycles. The van der Waals surface area contributed by atoms with Crippen molar-refractivity contribution in [2.75, 3.05) is 25.3 Å². The van der Waals surface area contributed by atoms with Crippen molar-refractivity contribution >= 4 is 11.8 Å². The minimum absolute atomic E-state index is 0.0926. The average molecular weight is 393 g/mol. The van der Waals surface area contributed by atoms with E-state index in [2.05, 4.69) is 34.3 Å². The van der Waals surface area contributed by atoms with Crippen molar-refractivity contribution in [3.05, 3.63) is 70.9 Å². The fraction of sp³-hybridized carbons (Fsp3) is 0.304. The van der Waals surface area contributed by atoms with E-state index in [0.717, 1.165) is 47.0 Å². The summed E-state index contributed by atoms with van der Waals surface area (Å²) >= 11 is 0. The molecule has 0 saturated heterocycles. The second-order valence-corrected chi connectivity index (χ2v) is 6.95. The molecule has 0 spiro atoms. The van der Waals surface area contributed by atoms with Crippen molar-refractivity contribution < 1.29 is 9.47 Å². The molecular formula is C23H28N4O2. The van der Waals surface area contributed by atoms with Crippen LogP contribution in [-0.2, 0) is 12.8 Å². The first-order valence-electron chi connectivity index (χ1n) is 9.67. The van der Waals surface area contributed by atoms with Gasteiger partial charge in [-0.2, -0.15) is 4.98 Å². The maximum Gasteiger partial charge on any atom is 0.222 e. The van der Waals surface area contributed by atoms with Gasteiger partial charge in [-0.25, -0.2) is 4.98 Å². The van der Waals surface area contributed by atoms with Crippen LogP contribution in [0.1, 0.15) is 35.3 Å². The molecule has 6 heteroatoms. The normalized spacial score (nSPS) is 11.7. The van der Waals surface area contributed by atoms with Crippen molar-refractivity contribution in [2.24, 2.45) is 0 Å². The molecule has 0 fully saturated rings. The molecular weight excluding hydrogens is 364 g/mol. The monoisotopic (exact) mass is 392 g/mol. The number of anilines is 2. The Bertz CT molecular complexity index is 961. The van der Waals surface area contributed by atoms with E-state index >= 15 is 0 Å². The van der Waals surface area contributed by atoms with Gasteiger partial charge in [-0.15, -0.1) is 0 Å². The van der Waals surface area contributed by atoms with Crippen LogP contribution in [0.4, 0.5) is 11.8 Å². The Balaban J connectivity index is 1.86. The van der Waals surface area contributed by atoms with E-state index in [0.29, 0.717) is 0 Å². The van der Waals surface area contributed by atoms with Crippen LogP contribution in [0.2, 0.25) is 0 Å². The van der Waals surface area contributed by atoms with Gasteiger partial charge in [-0.05, 0) is 56.0 Å². The quantitative estimate of drug-likeness (QED) is 0.593. The lowest BCUT2D eigenvalue weighted by atomic mass is 10.0. The lowest BCUT2D eigenvalue weighted by Crippen LogP contribution is -2.14. The fourth-order valence-corrected chi connectivity index (χ4v) is 3.40. The van der Waals surface area contributed by atoms with Crippen LogP contribution in [0, 0.1) is 6.92 Å². The van der Waals surface area contributed by atoms with Crippen LogP contribution in [0.15, 0.2) is 48.5 Å². The molecule has 29 heavy (non-hydrogen) atoms. The van der Waals surface area contributed by atoms with Gasteiger partial charge in [0, 0.05) is 17.3 Å². The number of ether oxygens (including phenoxy) is 2. The number of nitrogens with two attached hydrogens (primary N) is 1. The zero-order valence-corrected chi connectivity index (χ0v) is 17.4. The molecule has 152 valence electrons. The van der Waals surface area contributed by atoms with Crippen molar-refractivity contribution in [3.63, 3.8) is 0 Å². The Kier molecular flexibility index (Phi) is 6.54. The maximum atomic E-state index is 5.93. The second kappa shape index (κ2) is 9.28. The summed E-state index contributed by atoms with van der Waals surface area (Å²) in [7, 11) is 3.34.